The van der Waals surface area contributed by atoms with E-state index >= 15 is 0 Å². The Balaban J connectivity index is 1.36. The minimum absolute atomic E-state index is 0.0521. The fourth-order valence-electron chi connectivity index (χ4n) is 5.04. The maximum absolute atomic E-state index is 13.4. The van der Waals surface area contributed by atoms with Crippen LogP contribution in [0, 0.1) is 0 Å². The van der Waals surface area contributed by atoms with E-state index in [9.17, 15) is 14.4 Å². The molecule has 4 atom stereocenters. The van der Waals surface area contributed by atoms with E-state index in [4.69, 9.17) is 4.74 Å². The molecule has 2 unspecified atom stereocenters. The van der Waals surface area contributed by atoms with E-state index in [1.54, 1.807) is 11.1 Å². The van der Waals surface area contributed by atoms with Gasteiger partial charge in [-0.1, -0.05) is 18.3 Å². The third-order valence-electron chi connectivity index (χ3n) is 6.59. The second kappa shape index (κ2) is 9.85. The Hall–Kier alpha value is -3.53. The molecule has 36 heavy (non-hydrogen) atoms. The van der Waals surface area contributed by atoms with Gasteiger partial charge in [0.05, 0.1) is 23.5 Å². The highest BCUT2D eigenvalue weighted by atomic mass is 32.2. The van der Waals surface area contributed by atoms with Gasteiger partial charge in [-0.3, -0.25) is 14.5 Å². The highest BCUT2D eigenvalue weighted by molar-refractivity contribution is 8.01. The number of anilines is 2. The van der Waals surface area contributed by atoms with Crippen molar-refractivity contribution in [2.75, 3.05) is 4.90 Å². The smallest absolute Gasteiger partial charge is 0.327 e. The number of carbonyl (C=O) groups is 3. The molecule has 3 heterocycles. The van der Waals surface area contributed by atoms with Gasteiger partial charge in [-0.25, -0.2) is 9.78 Å². The van der Waals surface area contributed by atoms with Crippen molar-refractivity contribution in [1.82, 2.24) is 20.9 Å². The van der Waals surface area contributed by atoms with Gasteiger partial charge >= 0.3 is 6.03 Å². The summed E-state index contributed by atoms with van der Waals surface area (Å²) < 4.78 is 5.72. The molecule has 4 amide bonds. The summed E-state index contributed by atoms with van der Waals surface area (Å²) >= 11 is 1.35. The predicted octanol–water partition coefficient (Wildman–Crippen LogP) is 3.59. The quantitative estimate of drug-likeness (QED) is 0.494. The fourth-order valence-corrected chi connectivity index (χ4v) is 6.28. The molecule has 9 nitrogen and oxygen atoms in total. The highest BCUT2D eigenvalue weighted by Gasteiger charge is 2.47. The highest BCUT2D eigenvalue weighted by Crippen LogP contribution is 2.50. The zero-order chi connectivity index (χ0) is 25.4. The number of thioether (sulfide) groups is 1. The van der Waals surface area contributed by atoms with Crippen molar-refractivity contribution in [3.63, 3.8) is 0 Å². The van der Waals surface area contributed by atoms with Crippen LogP contribution in [0.25, 0.3) is 0 Å². The third kappa shape index (κ3) is 4.53. The van der Waals surface area contributed by atoms with Crippen molar-refractivity contribution in [2.24, 2.45) is 0 Å². The van der Waals surface area contributed by atoms with Crippen LogP contribution in [-0.2, 0) is 9.59 Å². The molecule has 1 saturated carbocycles. The molecule has 0 spiro atoms. The number of aromatic nitrogens is 1. The summed E-state index contributed by atoms with van der Waals surface area (Å²) in [5.41, 5.74) is 2.25. The predicted molar refractivity (Wildman–Crippen MR) is 137 cm³/mol. The molecule has 5 rings (SSSR count). The van der Waals surface area contributed by atoms with E-state index in [1.807, 2.05) is 44.2 Å². The van der Waals surface area contributed by atoms with Crippen LogP contribution in [-0.4, -0.2) is 46.3 Å². The fraction of sp³-hybridized carbons (Fsp3) is 0.385. The van der Waals surface area contributed by atoms with Crippen LogP contribution in [0.4, 0.5) is 16.2 Å². The number of ether oxygens (including phenoxy) is 1. The molecule has 1 fully saturated rings. The van der Waals surface area contributed by atoms with Crippen molar-refractivity contribution in [3.05, 3.63) is 54.7 Å². The lowest BCUT2D eigenvalue weighted by atomic mass is 9.99. The maximum atomic E-state index is 13.4. The van der Waals surface area contributed by atoms with Crippen LogP contribution in [0.3, 0.4) is 0 Å². The SMILES string of the molecule is C=CC(=O)N[C@H]1CCC[C@H]1NC(=O)C1Sc2nccc3c2C1NC(=O)N3c1ccc(OC(C)C)cc1. The summed E-state index contributed by atoms with van der Waals surface area (Å²) in [5.74, 6) is 0.300. The number of hydrogen-bond donors (Lipinski definition) is 3. The van der Waals surface area contributed by atoms with Crippen LogP contribution in [0.15, 0.2) is 54.2 Å². The van der Waals surface area contributed by atoms with Crippen LogP contribution < -0.4 is 25.6 Å². The third-order valence-corrected chi connectivity index (χ3v) is 7.88. The number of nitrogens with zero attached hydrogens (tertiary/aromatic N) is 2. The van der Waals surface area contributed by atoms with E-state index in [2.05, 4.69) is 27.5 Å². The normalized spacial score (nSPS) is 24.2. The number of urea groups is 1. The van der Waals surface area contributed by atoms with Crippen molar-refractivity contribution in [1.29, 1.82) is 0 Å². The van der Waals surface area contributed by atoms with Gasteiger partial charge in [0.1, 0.15) is 16.0 Å². The Kier molecular flexibility index (Phi) is 6.61. The van der Waals surface area contributed by atoms with Gasteiger partial charge in [-0.2, -0.15) is 0 Å². The van der Waals surface area contributed by atoms with Crippen LogP contribution in [0.1, 0.15) is 44.7 Å². The van der Waals surface area contributed by atoms with Crippen LogP contribution in [0.2, 0.25) is 0 Å². The Morgan fingerprint density at radius 1 is 1.19 bits per heavy atom. The number of pyridine rings is 1. The Morgan fingerprint density at radius 3 is 2.61 bits per heavy atom. The van der Waals surface area contributed by atoms with Crippen molar-refractivity contribution >= 4 is 41.0 Å². The van der Waals surface area contributed by atoms with Gasteiger partial charge in [-0.05, 0) is 69.5 Å². The number of hydrogen-bond acceptors (Lipinski definition) is 6. The second-order valence-electron chi connectivity index (χ2n) is 9.38. The molecular weight excluding hydrogens is 478 g/mol. The molecule has 3 aliphatic rings. The Morgan fingerprint density at radius 2 is 1.92 bits per heavy atom. The Labute approximate surface area is 214 Å². The van der Waals surface area contributed by atoms with Gasteiger partial charge in [0, 0.05) is 23.8 Å². The van der Waals surface area contributed by atoms with E-state index < -0.39 is 11.3 Å². The number of rotatable bonds is 7. The molecule has 10 heteroatoms. The number of carbonyl (C=O) groups excluding carboxylic acids is 3. The number of nitrogens with one attached hydrogen (secondary N) is 3. The van der Waals surface area contributed by atoms with Crippen molar-refractivity contribution in [3.8, 4) is 5.75 Å². The number of amides is 4. The zero-order valence-corrected chi connectivity index (χ0v) is 21.0. The van der Waals surface area contributed by atoms with Gasteiger partial charge in [0.15, 0.2) is 0 Å². The molecule has 188 valence electrons. The summed E-state index contributed by atoms with van der Waals surface area (Å²) in [5, 5.41) is 9.21. The monoisotopic (exact) mass is 507 g/mol. The van der Waals surface area contributed by atoms with E-state index in [0.717, 1.165) is 35.6 Å². The summed E-state index contributed by atoms with van der Waals surface area (Å²) in [6.45, 7) is 7.42. The van der Waals surface area contributed by atoms with Gasteiger partial charge in [0.2, 0.25) is 11.8 Å². The second-order valence-corrected chi connectivity index (χ2v) is 10.5. The van der Waals surface area contributed by atoms with E-state index in [-0.39, 0.29) is 36.0 Å². The standard InChI is InChI=1S/C26H29N5O4S/c1-4-20(32)28-17-6-5-7-18(17)29-24(33)23-22-21-19(12-13-27-25(21)36-23)31(26(34)30-22)15-8-10-16(11-9-15)35-14(2)3/h4,8-14,17-18,22-23H,1,5-7H2,2-3H3,(H,28,32)(H,29,33)(H,30,34)/t17-,18+,22?,23?/m0/s1. The molecule has 1 aromatic carbocycles. The summed E-state index contributed by atoms with van der Waals surface area (Å²) in [7, 11) is 0. The largest absolute Gasteiger partial charge is 0.491 e. The average Bonchev–Trinajstić information content (AvgIpc) is 3.44. The van der Waals surface area contributed by atoms with Crippen LogP contribution in [0.5, 0.6) is 5.75 Å². The summed E-state index contributed by atoms with van der Waals surface area (Å²) in [4.78, 5) is 44.6. The maximum Gasteiger partial charge on any atom is 0.327 e. The first-order valence-electron chi connectivity index (χ1n) is 12.1. The van der Waals surface area contributed by atoms with Gasteiger partial charge in [-0.15, -0.1) is 0 Å². The molecular formula is C26H29N5O4S. The molecule has 2 aromatic rings. The lowest BCUT2D eigenvalue weighted by Crippen LogP contribution is -2.53. The van der Waals surface area contributed by atoms with Gasteiger partial charge in [0.25, 0.3) is 0 Å². The zero-order valence-electron chi connectivity index (χ0n) is 20.2. The van der Waals surface area contributed by atoms with Crippen LogP contribution >= 0.6 is 11.8 Å². The first-order chi connectivity index (χ1) is 17.4. The van der Waals surface area contributed by atoms with Gasteiger partial charge < -0.3 is 20.7 Å². The lowest BCUT2D eigenvalue weighted by molar-refractivity contribution is -0.122. The minimum atomic E-state index is -0.557. The summed E-state index contributed by atoms with van der Waals surface area (Å²) in [6, 6.07) is 8.06. The lowest BCUT2D eigenvalue weighted by Gasteiger charge is -2.34. The first-order valence-corrected chi connectivity index (χ1v) is 13.0. The Bertz CT molecular complexity index is 1200. The minimum Gasteiger partial charge on any atom is -0.491 e. The first kappa shape index (κ1) is 24.2. The van der Waals surface area contributed by atoms with Crippen molar-refractivity contribution in [2.45, 2.75) is 67.6 Å². The summed E-state index contributed by atoms with van der Waals surface area (Å²) in [6.07, 6.45) is 5.44. The molecule has 1 aromatic heterocycles. The molecule has 0 radical (unpaired) electrons. The molecule has 3 N–H and O–H groups in total. The molecule has 0 saturated heterocycles. The molecule has 1 aliphatic carbocycles. The molecule has 0 bridgehead atoms. The number of benzene rings is 1. The molecule has 2 aliphatic heterocycles. The van der Waals surface area contributed by atoms with Crippen molar-refractivity contribution < 1.29 is 19.1 Å². The van der Waals surface area contributed by atoms with E-state index in [0.29, 0.717) is 11.4 Å². The van der Waals surface area contributed by atoms with E-state index in [1.165, 1.54) is 17.8 Å². The topological polar surface area (TPSA) is 113 Å². The average molecular weight is 508 g/mol.